The molecular formula is C10H26N3Si. The second-order valence-electron chi connectivity index (χ2n) is 4.41. The molecule has 0 aromatic carbocycles. The Labute approximate surface area is 90.9 Å². The summed E-state index contributed by atoms with van der Waals surface area (Å²) < 4.78 is 7.22. The molecule has 0 atom stereocenters. The van der Waals surface area contributed by atoms with Gasteiger partial charge < -0.3 is 13.7 Å². The summed E-state index contributed by atoms with van der Waals surface area (Å²) in [5.41, 5.74) is 0. The highest BCUT2D eigenvalue weighted by atomic mass is 28.4. The van der Waals surface area contributed by atoms with Crippen molar-refractivity contribution in [2.24, 2.45) is 0 Å². The van der Waals surface area contributed by atoms with Gasteiger partial charge in [-0.15, -0.1) is 0 Å². The molecule has 0 aromatic heterocycles. The minimum absolute atomic E-state index is 1.03. The molecule has 0 N–H and O–H groups in total. The van der Waals surface area contributed by atoms with Crippen LogP contribution in [-0.4, -0.2) is 64.5 Å². The number of hydrogen-bond donors (Lipinski definition) is 0. The van der Waals surface area contributed by atoms with Crippen LogP contribution in [0, 0.1) is 6.92 Å². The van der Waals surface area contributed by atoms with Crippen molar-refractivity contribution in [3.05, 3.63) is 6.92 Å². The molecule has 4 heteroatoms. The van der Waals surface area contributed by atoms with Gasteiger partial charge in [0, 0.05) is 0 Å². The largest absolute Gasteiger partial charge is 0.305 e. The molecule has 0 saturated heterocycles. The van der Waals surface area contributed by atoms with E-state index >= 15 is 0 Å². The van der Waals surface area contributed by atoms with Crippen molar-refractivity contribution in [3.63, 3.8) is 0 Å². The predicted octanol–water partition coefficient (Wildman–Crippen LogP) is 1.22. The third kappa shape index (κ3) is 2.79. The summed E-state index contributed by atoms with van der Waals surface area (Å²) in [5.74, 6) is 0. The number of rotatable bonds is 6. The summed E-state index contributed by atoms with van der Waals surface area (Å²) in [5, 5.41) is 0. The van der Waals surface area contributed by atoms with Gasteiger partial charge in [0.1, 0.15) is 0 Å². The highest BCUT2D eigenvalue weighted by Crippen LogP contribution is 2.20. The van der Waals surface area contributed by atoms with Gasteiger partial charge in [-0.3, -0.25) is 0 Å². The quantitative estimate of drug-likeness (QED) is 0.618. The minimum Gasteiger partial charge on any atom is -0.305 e. The third-order valence-corrected chi connectivity index (χ3v) is 8.23. The molecule has 0 aromatic rings. The molecular weight excluding hydrogens is 190 g/mol. The van der Waals surface area contributed by atoms with Crippen LogP contribution in [-0.2, 0) is 0 Å². The van der Waals surface area contributed by atoms with Crippen LogP contribution in [0.2, 0.25) is 6.04 Å². The summed E-state index contributed by atoms with van der Waals surface area (Å²) in [6.45, 7) is 3.93. The maximum Gasteiger partial charge on any atom is 0.288 e. The fourth-order valence-corrected chi connectivity index (χ4v) is 6.70. The van der Waals surface area contributed by atoms with Gasteiger partial charge >= 0.3 is 0 Å². The van der Waals surface area contributed by atoms with E-state index in [9.17, 15) is 0 Å². The Morgan fingerprint density at radius 2 is 1.21 bits per heavy atom. The molecule has 0 aliphatic heterocycles. The van der Waals surface area contributed by atoms with Crippen molar-refractivity contribution in [2.45, 2.75) is 18.9 Å². The standard InChI is InChI=1S/C10H26N3Si/c1-8-9-10-14(11(2)3,12(4)5)13(6)7/h1,8-10H2,2-7H3. The van der Waals surface area contributed by atoms with Crippen LogP contribution in [0.4, 0.5) is 0 Å². The maximum atomic E-state index is 3.93. The summed E-state index contributed by atoms with van der Waals surface area (Å²) in [6, 6.07) is 1.25. The van der Waals surface area contributed by atoms with Gasteiger partial charge in [-0.2, -0.15) is 0 Å². The van der Waals surface area contributed by atoms with Gasteiger partial charge in [0.05, 0.1) is 0 Å². The zero-order valence-corrected chi connectivity index (χ0v) is 11.7. The van der Waals surface area contributed by atoms with Crippen LogP contribution in [0.1, 0.15) is 12.8 Å². The smallest absolute Gasteiger partial charge is 0.288 e. The lowest BCUT2D eigenvalue weighted by Crippen LogP contribution is -2.69. The highest BCUT2D eigenvalue weighted by molar-refractivity contribution is 6.71. The lowest BCUT2D eigenvalue weighted by molar-refractivity contribution is 0.373. The monoisotopic (exact) mass is 216 g/mol. The van der Waals surface area contributed by atoms with Crippen molar-refractivity contribution >= 4 is 8.56 Å². The van der Waals surface area contributed by atoms with E-state index in [0.717, 1.165) is 6.42 Å². The van der Waals surface area contributed by atoms with Crippen LogP contribution >= 0.6 is 0 Å². The summed E-state index contributed by atoms with van der Waals surface area (Å²) in [6.07, 6.45) is 2.24. The van der Waals surface area contributed by atoms with Crippen LogP contribution in [0.5, 0.6) is 0 Å². The predicted molar refractivity (Wildman–Crippen MR) is 66.2 cm³/mol. The van der Waals surface area contributed by atoms with Gasteiger partial charge in [-0.05, 0) is 48.3 Å². The first kappa shape index (κ1) is 14.1. The SMILES string of the molecule is [CH2]CCC[Si](N(C)C)(N(C)C)N(C)C. The molecule has 0 unspecified atom stereocenters. The summed E-state index contributed by atoms with van der Waals surface area (Å²) in [4.78, 5) is 0. The van der Waals surface area contributed by atoms with E-state index in [1.807, 2.05) is 0 Å². The van der Waals surface area contributed by atoms with Crippen molar-refractivity contribution in [1.82, 2.24) is 13.7 Å². The van der Waals surface area contributed by atoms with Gasteiger partial charge in [-0.25, -0.2) is 0 Å². The van der Waals surface area contributed by atoms with Gasteiger partial charge in [-0.1, -0.05) is 19.8 Å². The normalized spacial score (nSPS) is 13.3. The van der Waals surface area contributed by atoms with Crippen molar-refractivity contribution in [2.75, 3.05) is 42.3 Å². The van der Waals surface area contributed by atoms with Crippen LogP contribution in [0.25, 0.3) is 0 Å². The van der Waals surface area contributed by atoms with Crippen molar-refractivity contribution in [3.8, 4) is 0 Å². The molecule has 0 rings (SSSR count). The lowest BCUT2D eigenvalue weighted by Gasteiger charge is -2.46. The Bertz CT molecular complexity index is 136. The van der Waals surface area contributed by atoms with E-state index < -0.39 is 8.56 Å². The van der Waals surface area contributed by atoms with Gasteiger partial charge in [0.2, 0.25) is 0 Å². The molecule has 0 spiro atoms. The molecule has 0 fully saturated rings. The molecule has 0 amide bonds. The van der Waals surface area contributed by atoms with Gasteiger partial charge in [0.25, 0.3) is 8.56 Å². The Morgan fingerprint density at radius 3 is 1.43 bits per heavy atom. The summed E-state index contributed by atoms with van der Waals surface area (Å²) in [7, 11) is 11.6. The first-order valence-electron chi connectivity index (χ1n) is 5.21. The number of unbranched alkanes of at least 4 members (excludes halogenated alkanes) is 1. The molecule has 0 aliphatic rings. The molecule has 1 radical (unpaired) electrons. The average Bonchev–Trinajstić information content (AvgIpc) is 2.03. The second-order valence-corrected chi connectivity index (χ2v) is 9.15. The average molecular weight is 216 g/mol. The van der Waals surface area contributed by atoms with Crippen molar-refractivity contribution in [1.29, 1.82) is 0 Å². The fourth-order valence-electron chi connectivity index (χ4n) is 2.23. The first-order valence-corrected chi connectivity index (χ1v) is 7.26. The number of nitrogens with zero attached hydrogens (tertiary/aromatic N) is 3. The minimum atomic E-state index is -1.59. The molecule has 0 saturated carbocycles. The van der Waals surface area contributed by atoms with Crippen molar-refractivity contribution < 1.29 is 0 Å². The Hall–Kier alpha value is 0.0969. The molecule has 14 heavy (non-hydrogen) atoms. The topological polar surface area (TPSA) is 9.72 Å². The van der Waals surface area contributed by atoms with Gasteiger partial charge in [0.15, 0.2) is 0 Å². The lowest BCUT2D eigenvalue weighted by atomic mass is 10.4. The Morgan fingerprint density at radius 1 is 0.857 bits per heavy atom. The molecule has 0 bridgehead atoms. The second kappa shape index (κ2) is 5.85. The zero-order valence-electron chi connectivity index (χ0n) is 10.7. The Balaban J connectivity index is 4.76. The fraction of sp³-hybridized carbons (Fsp3) is 0.900. The molecule has 3 nitrogen and oxygen atoms in total. The van der Waals surface area contributed by atoms with Crippen LogP contribution in [0.3, 0.4) is 0 Å². The Kier molecular flexibility index (Phi) is 5.89. The molecule has 85 valence electrons. The third-order valence-electron chi connectivity index (χ3n) is 2.91. The summed E-state index contributed by atoms with van der Waals surface area (Å²) >= 11 is 0. The molecule has 0 heterocycles. The highest BCUT2D eigenvalue weighted by Gasteiger charge is 2.41. The van der Waals surface area contributed by atoms with E-state index in [1.165, 1.54) is 12.5 Å². The van der Waals surface area contributed by atoms with E-state index in [2.05, 4.69) is 62.9 Å². The van der Waals surface area contributed by atoms with E-state index in [4.69, 9.17) is 0 Å². The maximum absolute atomic E-state index is 3.93. The first-order chi connectivity index (χ1) is 6.39. The van der Waals surface area contributed by atoms with E-state index in [-0.39, 0.29) is 0 Å². The molecule has 0 aliphatic carbocycles. The number of hydrogen-bond acceptors (Lipinski definition) is 3. The van der Waals surface area contributed by atoms with E-state index in [1.54, 1.807) is 0 Å². The van der Waals surface area contributed by atoms with Crippen LogP contribution in [0.15, 0.2) is 0 Å². The zero-order chi connectivity index (χ0) is 11.4. The van der Waals surface area contributed by atoms with Crippen LogP contribution < -0.4 is 0 Å². The van der Waals surface area contributed by atoms with E-state index in [0.29, 0.717) is 0 Å².